The van der Waals surface area contributed by atoms with Crippen molar-refractivity contribution in [1.82, 2.24) is 14.9 Å². The number of piperidine rings is 1. The van der Waals surface area contributed by atoms with Gasteiger partial charge in [-0.1, -0.05) is 12.1 Å². The van der Waals surface area contributed by atoms with E-state index in [-0.39, 0.29) is 37.4 Å². The Labute approximate surface area is 204 Å². The number of ether oxygens (including phenoxy) is 3. The molecule has 0 unspecified atom stereocenters. The molecule has 3 heterocycles. The summed E-state index contributed by atoms with van der Waals surface area (Å²) in [4.78, 5) is 22.3. The zero-order valence-electron chi connectivity index (χ0n) is 19.9. The van der Waals surface area contributed by atoms with Gasteiger partial charge in [-0.05, 0) is 38.5 Å². The predicted molar refractivity (Wildman–Crippen MR) is 124 cm³/mol. The summed E-state index contributed by atoms with van der Waals surface area (Å²) in [5, 5.41) is 0. The van der Waals surface area contributed by atoms with Gasteiger partial charge in [-0.25, -0.2) is 23.1 Å². The van der Waals surface area contributed by atoms with E-state index in [4.69, 9.17) is 22.6 Å². The van der Waals surface area contributed by atoms with Crippen molar-refractivity contribution >= 4 is 16.5 Å². The van der Waals surface area contributed by atoms with Crippen LogP contribution in [0.3, 0.4) is 0 Å². The summed E-state index contributed by atoms with van der Waals surface area (Å²) < 4.78 is 49.3. The normalized spacial score (nSPS) is 18.9. The Bertz CT molecular complexity index is 1120. The molecule has 0 radical (unpaired) electrons. The van der Waals surface area contributed by atoms with Gasteiger partial charge in [0.1, 0.15) is 18.2 Å². The number of carbonyl (C=O) groups excluding carboxylic acids is 1. The summed E-state index contributed by atoms with van der Waals surface area (Å²) in [6, 6.07) is 7.20. The van der Waals surface area contributed by atoms with E-state index in [1.165, 1.54) is 6.33 Å². The Morgan fingerprint density at radius 3 is 2.31 bits per heavy atom. The van der Waals surface area contributed by atoms with Crippen LogP contribution in [0.1, 0.15) is 43.7 Å². The summed E-state index contributed by atoms with van der Waals surface area (Å²) in [6.45, 7) is 6.66. The molecular weight excluding hydrogens is 478 g/mol. The Kier molecular flexibility index (Phi) is 7.72. The van der Waals surface area contributed by atoms with Crippen molar-refractivity contribution < 1.29 is 35.8 Å². The van der Waals surface area contributed by atoms with Crippen LogP contribution >= 0.6 is 0 Å². The van der Waals surface area contributed by atoms with Crippen molar-refractivity contribution in [1.29, 1.82) is 0 Å². The molecule has 2 saturated heterocycles. The van der Waals surface area contributed by atoms with Gasteiger partial charge in [-0.3, -0.25) is 0 Å². The molecule has 12 heteroatoms. The average molecular weight is 508 g/mol. The van der Waals surface area contributed by atoms with Crippen molar-refractivity contribution in [2.75, 3.05) is 26.3 Å². The Balaban J connectivity index is 1.34. The molecule has 190 valence electrons. The van der Waals surface area contributed by atoms with Gasteiger partial charge in [-0.15, -0.1) is 0 Å². The van der Waals surface area contributed by atoms with Gasteiger partial charge < -0.3 is 19.1 Å². The summed E-state index contributed by atoms with van der Waals surface area (Å²) in [7, 11) is -3.88. The van der Waals surface area contributed by atoms with Crippen LogP contribution in [0.2, 0.25) is 0 Å². The highest BCUT2D eigenvalue weighted by molar-refractivity contribution is 7.81. The largest absolute Gasteiger partial charge is 0.474 e. The van der Waals surface area contributed by atoms with Crippen LogP contribution in [-0.4, -0.2) is 67.9 Å². The highest BCUT2D eigenvalue weighted by atomic mass is 32.3. The van der Waals surface area contributed by atoms with Gasteiger partial charge in [0.2, 0.25) is 11.8 Å². The maximum absolute atomic E-state index is 12.1. The fourth-order valence-electron chi connectivity index (χ4n) is 3.76. The van der Waals surface area contributed by atoms with Gasteiger partial charge in [0, 0.05) is 31.8 Å². The predicted octanol–water partition coefficient (Wildman–Crippen LogP) is 3.34. The molecule has 2 aromatic rings. The second-order valence-corrected chi connectivity index (χ2v) is 9.98. The van der Waals surface area contributed by atoms with E-state index in [1.54, 1.807) is 17.0 Å². The van der Waals surface area contributed by atoms with Crippen LogP contribution in [0.5, 0.6) is 17.5 Å². The topological polar surface area (TPSA) is 126 Å². The summed E-state index contributed by atoms with van der Waals surface area (Å²) in [5.41, 5.74) is 1.54. The standard InChI is InChI=1S/C23H29N3O8S/c1-15(2)32-23(27)26-10-8-20(9-11-26)34-22-16(3)21(24-14-25-22)33-19-6-4-17(5-7-19)18-12-30-35(28,29)31-13-18/h4-7,14-15,18,20H,8-13H2,1-3H3. The molecule has 1 aromatic heterocycles. The van der Waals surface area contributed by atoms with Gasteiger partial charge in [0.15, 0.2) is 0 Å². The second-order valence-electron chi connectivity index (χ2n) is 8.69. The molecule has 0 N–H and O–H groups in total. The van der Waals surface area contributed by atoms with Crippen LogP contribution in [-0.2, 0) is 23.5 Å². The van der Waals surface area contributed by atoms with E-state index < -0.39 is 10.4 Å². The molecule has 0 bridgehead atoms. The molecule has 4 rings (SSSR count). The van der Waals surface area contributed by atoms with Crippen LogP contribution in [0.15, 0.2) is 30.6 Å². The minimum atomic E-state index is -3.88. The zero-order valence-corrected chi connectivity index (χ0v) is 20.7. The molecule has 2 aliphatic rings. The molecular formula is C23H29N3O8S. The number of benzene rings is 1. The monoisotopic (exact) mass is 507 g/mol. The third-order valence-corrected chi connectivity index (χ3v) is 6.55. The number of aromatic nitrogens is 2. The maximum atomic E-state index is 12.1. The molecule has 1 amide bonds. The SMILES string of the molecule is Cc1c(Oc2ccc(C3COS(=O)(=O)OC3)cc2)ncnc1OC1CCN(C(=O)OC(C)C)CC1. The van der Waals surface area contributed by atoms with E-state index in [1.807, 2.05) is 32.9 Å². The van der Waals surface area contributed by atoms with Gasteiger partial charge in [-0.2, -0.15) is 8.42 Å². The minimum absolute atomic E-state index is 0.0338. The zero-order chi connectivity index (χ0) is 25.0. The van der Waals surface area contributed by atoms with E-state index in [9.17, 15) is 13.2 Å². The number of nitrogens with zero attached hydrogens (tertiary/aromatic N) is 3. The van der Waals surface area contributed by atoms with Crippen LogP contribution in [0.4, 0.5) is 4.79 Å². The molecule has 0 saturated carbocycles. The molecule has 2 fully saturated rings. The smallest absolute Gasteiger partial charge is 0.410 e. The highest BCUT2D eigenvalue weighted by Gasteiger charge is 2.27. The highest BCUT2D eigenvalue weighted by Crippen LogP contribution is 2.31. The van der Waals surface area contributed by atoms with Crippen molar-refractivity contribution in [3.63, 3.8) is 0 Å². The first-order chi connectivity index (χ1) is 16.7. The van der Waals surface area contributed by atoms with Crippen molar-refractivity contribution in [3.05, 3.63) is 41.7 Å². The lowest BCUT2D eigenvalue weighted by molar-refractivity contribution is 0.0505. The lowest BCUT2D eigenvalue weighted by Crippen LogP contribution is -2.42. The van der Waals surface area contributed by atoms with Crippen LogP contribution in [0, 0.1) is 6.92 Å². The van der Waals surface area contributed by atoms with Crippen molar-refractivity contribution in [3.8, 4) is 17.5 Å². The Hall–Kier alpha value is -2.96. The number of rotatable bonds is 6. The summed E-state index contributed by atoms with van der Waals surface area (Å²) in [5.74, 6) is 1.18. The molecule has 0 spiro atoms. The minimum Gasteiger partial charge on any atom is -0.474 e. The first-order valence-electron chi connectivity index (χ1n) is 11.5. The number of likely N-dealkylation sites (tertiary alicyclic amines) is 1. The third-order valence-electron chi connectivity index (χ3n) is 5.70. The Morgan fingerprint density at radius 2 is 1.69 bits per heavy atom. The van der Waals surface area contributed by atoms with E-state index >= 15 is 0 Å². The molecule has 11 nitrogen and oxygen atoms in total. The van der Waals surface area contributed by atoms with Gasteiger partial charge in [0.05, 0.1) is 24.9 Å². The van der Waals surface area contributed by atoms with Crippen molar-refractivity contribution in [2.45, 2.75) is 51.7 Å². The number of amides is 1. The van der Waals surface area contributed by atoms with E-state index in [0.717, 1.165) is 5.56 Å². The van der Waals surface area contributed by atoms with E-state index in [2.05, 4.69) is 9.97 Å². The second kappa shape index (κ2) is 10.8. The number of hydrogen-bond acceptors (Lipinski definition) is 10. The fourth-order valence-corrected chi connectivity index (χ4v) is 4.49. The van der Waals surface area contributed by atoms with Crippen LogP contribution < -0.4 is 9.47 Å². The number of carbonyl (C=O) groups is 1. The van der Waals surface area contributed by atoms with Crippen LogP contribution in [0.25, 0.3) is 0 Å². The fraction of sp³-hybridized carbons (Fsp3) is 0.522. The number of hydrogen-bond donors (Lipinski definition) is 0. The van der Waals surface area contributed by atoms with E-state index in [0.29, 0.717) is 49.0 Å². The lowest BCUT2D eigenvalue weighted by atomic mass is 10.0. The average Bonchev–Trinajstić information content (AvgIpc) is 2.82. The first-order valence-corrected chi connectivity index (χ1v) is 12.8. The molecule has 1 aromatic carbocycles. The quantitative estimate of drug-likeness (QED) is 0.574. The maximum Gasteiger partial charge on any atom is 0.410 e. The van der Waals surface area contributed by atoms with Gasteiger partial charge >= 0.3 is 16.5 Å². The summed E-state index contributed by atoms with van der Waals surface area (Å²) >= 11 is 0. The molecule has 2 aliphatic heterocycles. The third kappa shape index (κ3) is 6.59. The Morgan fingerprint density at radius 1 is 1.06 bits per heavy atom. The first kappa shape index (κ1) is 25.1. The molecule has 0 aliphatic carbocycles. The summed E-state index contributed by atoms with van der Waals surface area (Å²) in [6.07, 6.45) is 2.20. The lowest BCUT2D eigenvalue weighted by Gasteiger charge is -2.31. The van der Waals surface area contributed by atoms with Crippen molar-refractivity contribution in [2.24, 2.45) is 0 Å². The molecule has 0 atom stereocenters. The van der Waals surface area contributed by atoms with Gasteiger partial charge in [0.25, 0.3) is 0 Å². The molecule has 35 heavy (non-hydrogen) atoms.